The summed E-state index contributed by atoms with van der Waals surface area (Å²) < 4.78 is 79.0. The van der Waals surface area contributed by atoms with Crippen molar-refractivity contribution in [3.63, 3.8) is 0 Å². The zero-order chi connectivity index (χ0) is 20.9. The highest BCUT2D eigenvalue weighted by Crippen LogP contribution is 2.37. The summed E-state index contributed by atoms with van der Waals surface area (Å²) in [6.45, 7) is 1.26. The van der Waals surface area contributed by atoms with Crippen LogP contribution >= 0.6 is 0 Å². The number of benzene rings is 1. The van der Waals surface area contributed by atoms with Crippen LogP contribution < -0.4 is 5.73 Å². The van der Waals surface area contributed by atoms with E-state index in [0.717, 1.165) is 17.1 Å². The van der Waals surface area contributed by atoms with Crippen LogP contribution in [0.2, 0.25) is 0 Å². The molecule has 0 aliphatic carbocycles. The third-order valence-electron chi connectivity index (χ3n) is 4.42. The number of rotatable bonds is 1. The molecule has 0 amide bonds. The third-order valence-corrected chi connectivity index (χ3v) is 4.42. The number of hydrogen-bond donors (Lipinski definition) is 1. The van der Waals surface area contributed by atoms with Crippen molar-refractivity contribution in [1.29, 1.82) is 5.26 Å². The molecule has 2 heterocycles. The molecule has 0 aromatic heterocycles. The smallest absolute Gasteiger partial charge is 0.368 e. The van der Waals surface area contributed by atoms with Crippen LogP contribution in [0, 0.1) is 23.2 Å². The van der Waals surface area contributed by atoms with E-state index >= 15 is 0 Å². The molecule has 0 saturated carbocycles. The molecule has 12 heteroatoms. The van der Waals surface area contributed by atoms with Gasteiger partial charge in [0.1, 0.15) is 11.5 Å². The number of guanidine groups is 1. The van der Waals surface area contributed by atoms with E-state index < -0.39 is 41.0 Å². The molecular weight excluding hydrogens is 390 g/mol. The molecule has 148 valence electrons. The van der Waals surface area contributed by atoms with Gasteiger partial charge in [-0.3, -0.25) is 0 Å². The quantitative estimate of drug-likeness (QED) is 0.730. The van der Waals surface area contributed by atoms with E-state index in [1.54, 1.807) is 0 Å². The predicted molar refractivity (Wildman–Crippen MR) is 87.7 cm³/mol. The molecule has 3 rings (SSSR count). The molecular formula is C16H12F6N6. The Morgan fingerprint density at radius 2 is 1.89 bits per heavy atom. The van der Waals surface area contributed by atoms with E-state index in [1.165, 1.54) is 13.0 Å². The number of hydrazone groups is 1. The molecule has 6 nitrogen and oxygen atoms in total. The molecule has 1 aromatic carbocycles. The summed E-state index contributed by atoms with van der Waals surface area (Å²) in [5.74, 6) is -2.52. The fourth-order valence-corrected chi connectivity index (χ4v) is 2.97. The molecule has 2 N–H and O–H groups in total. The van der Waals surface area contributed by atoms with Crippen molar-refractivity contribution in [2.45, 2.75) is 19.3 Å². The summed E-state index contributed by atoms with van der Waals surface area (Å²) in [5, 5.41) is 13.2. The Morgan fingerprint density at radius 1 is 1.21 bits per heavy atom. The molecule has 2 aliphatic heterocycles. The third kappa shape index (κ3) is 3.51. The van der Waals surface area contributed by atoms with Crippen molar-refractivity contribution >= 4 is 23.2 Å². The van der Waals surface area contributed by atoms with Gasteiger partial charge < -0.3 is 5.73 Å². The number of hydrogen-bond acceptors (Lipinski definition) is 5. The minimum Gasteiger partial charge on any atom is -0.368 e. The van der Waals surface area contributed by atoms with Crippen molar-refractivity contribution in [2.75, 3.05) is 6.54 Å². The SMILES string of the molecule is C[C@H]1C(=Nc2ccc(C#N)c(C(F)(F)F)c2)N=C(N)N2CC1C(C(F)(F)F)=N2. The molecule has 0 spiro atoms. The molecule has 2 atom stereocenters. The Labute approximate surface area is 154 Å². The van der Waals surface area contributed by atoms with Crippen molar-refractivity contribution in [2.24, 2.45) is 32.7 Å². The van der Waals surface area contributed by atoms with Gasteiger partial charge in [0, 0.05) is 11.8 Å². The number of nitrogens with two attached hydrogens (primary N) is 1. The normalized spacial score (nSPS) is 23.9. The molecule has 0 saturated heterocycles. The highest BCUT2D eigenvalue weighted by Gasteiger charge is 2.49. The summed E-state index contributed by atoms with van der Waals surface area (Å²) >= 11 is 0. The van der Waals surface area contributed by atoms with E-state index in [0.29, 0.717) is 6.07 Å². The van der Waals surface area contributed by atoms with Crippen LogP contribution in [0.25, 0.3) is 0 Å². The number of amidine groups is 1. The van der Waals surface area contributed by atoms with Gasteiger partial charge in [-0.05, 0) is 18.2 Å². The first kappa shape index (κ1) is 19.7. The number of nitrogens with zero attached hydrogens (tertiary/aromatic N) is 5. The molecule has 2 bridgehead atoms. The second-order valence-electron chi connectivity index (χ2n) is 6.24. The lowest BCUT2D eigenvalue weighted by atomic mass is 9.89. The Hall–Kier alpha value is -3.10. The average molecular weight is 402 g/mol. The van der Waals surface area contributed by atoms with Crippen molar-refractivity contribution in [3.05, 3.63) is 29.3 Å². The first-order chi connectivity index (χ1) is 12.9. The number of alkyl halides is 6. The summed E-state index contributed by atoms with van der Waals surface area (Å²) in [5.41, 5.74) is 2.64. The lowest BCUT2D eigenvalue weighted by Crippen LogP contribution is -2.35. The van der Waals surface area contributed by atoms with Crippen LogP contribution in [0.5, 0.6) is 0 Å². The summed E-state index contributed by atoms with van der Waals surface area (Å²) in [6, 6.07) is 4.18. The van der Waals surface area contributed by atoms with E-state index in [1.807, 2.05) is 0 Å². The number of halogens is 6. The topological polar surface area (TPSA) is 90.1 Å². The van der Waals surface area contributed by atoms with Gasteiger partial charge in [-0.2, -0.15) is 41.7 Å². The standard InChI is InChI=1S/C16H12F6N6/c1-7-10-6-28(27-12(10)16(20,21)22)14(24)26-13(7)25-9-3-2-8(5-23)11(4-9)15(17,18)19/h2-4,7,10H,6H2,1H3,(H2,24,25,26)/t7-,10?/m1/s1. The number of nitriles is 1. The van der Waals surface area contributed by atoms with Crippen LogP contribution in [-0.4, -0.2) is 35.2 Å². The van der Waals surface area contributed by atoms with Crippen molar-refractivity contribution in [1.82, 2.24) is 5.01 Å². The van der Waals surface area contributed by atoms with Gasteiger partial charge in [0.05, 0.1) is 29.4 Å². The van der Waals surface area contributed by atoms with Crippen molar-refractivity contribution in [3.8, 4) is 6.07 Å². The maximum absolute atomic E-state index is 13.2. The fraction of sp³-hybridized carbons (Fsp3) is 0.375. The monoisotopic (exact) mass is 402 g/mol. The van der Waals surface area contributed by atoms with Crippen LogP contribution in [-0.2, 0) is 6.18 Å². The van der Waals surface area contributed by atoms with Gasteiger partial charge in [0.2, 0.25) is 5.96 Å². The fourth-order valence-electron chi connectivity index (χ4n) is 2.97. The zero-order valence-corrected chi connectivity index (χ0v) is 14.2. The highest BCUT2D eigenvalue weighted by atomic mass is 19.4. The first-order valence-corrected chi connectivity index (χ1v) is 7.89. The van der Waals surface area contributed by atoms with E-state index in [4.69, 9.17) is 11.0 Å². The lowest BCUT2D eigenvalue weighted by molar-refractivity contribution is -0.137. The number of aliphatic imine (C=N–C) groups is 2. The van der Waals surface area contributed by atoms with Crippen LogP contribution in [0.3, 0.4) is 0 Å². The van der Waals surface area contributed by atoms with Crippen molar-refractivity contribution < 1.29 is 26.3 Å². The van der Waals surface area contributed by atoms with Gasteiger partial charge in [0.25, 0.3) is 0 Å². The molecule has 28 heavy (non-hydrogen) atoms. The van der Waals surface area contributed by atoms with Crippen LogP contribution in [0.4, 0.5) is 32.0 Å². The molecule has 0 radical (unpaired) electrons. The van der Waals surface area contributed by atoms with Crippen LogP contribution in [0.15, 0.2) is 33.3 Å². The lowest BCUT2D eigenvalue weighted by Gasteiger charge is -2.20. The highest BCUT2D eigenvalue weighted by molar-refractivity contribution is 6.05. The Bertz CT molecular complexity index is 936. The van der Waals surface area contributed by atoms with Gasteiger partial charge in [0.15, 0.2) is 0 Å². The number of fused-ring (bicyclic) bond motifs is 2. The average Bonchev–Trinajstić information content (AvgIpc) is 3.01. The maximum atomic E-state index is 13.2. The van der Waals surface area contributed by atoms with E-state index in [-0.39, 0.29) is 24.0 Å². The van der Waals surface area contributed by atoms with Gasteiger partial charge in [-0.15, -0.1) is 0 Å². The summed E-state index contributed by atoms with van der Waals surface area (Å²) in [7, 11) is 0. The Kier molecular flexibility index (Phi) is 4.57. The van der Waals surface area contributed by atoms with E-state index in [2.05, 4.69) is 15.1 Å². The molecule has 2 aliphatic rings. The predicted octanol–water partition coefficient (Wildman–Crippen LogP) is 3.42. The van der Waals surface area contributed by atoms with Crippen LogP contribution in [0.1, 0.15) is 18.1 Å². The van der Waals surface area contributed by atoms with Gasteiger partial charge in [-0.25, -0.2) is 10.0 Å². The Morgan fingerprint density at radius 3 is 2.46 bits per heavy atom. The van der Waals surface area contributed by atoms with E-state index in [9.17, 15) is 26.3 Å². The second-order valence-corrected chi connectivity index (χ2v) is 6.24. The Balaban J connectivity index is 2.06. The zero-order valence-electron chi connectivity index (χ0n) is 14.2. The molecule has 0 fully saturated rings. The minimum absolute atomic E-state index is 0.153. The maximum Gasteiger partial charge on any atom is 0.431 e. The summed E-state index contributed by atoms with van der Waals surface area (Å²) in [6.07, 6.45) is -9.48. The van der Waals surface area contributed by atoms with Gasteiger partial charge in [-0.1, -0.05) is 6.92 Å². The minimum atomic E-state index is -4.79. The largest absolute Gasteiger partial charge is 0.431 e. The van der Waals surface area contributed by atoms with Gasteiger partial charge >= 0.3 is 12.4 Å². The second kappa shape index (κ2) is 6.50. The molecule has 1 aromatic rings. The summed E-state index contributed by atoms with van der Waals surface area (Å²) in [4.78, 5) is 7.92. The first-order valence-electron chi connectivity index (χ1n) is 7.89. The molecule has 1 unspecified atom stereocenters.